The average Bonchev–Trinajstić information content (AvgIpc) is 2.64. The van der Waals surface area contributed by atoms with Crippen molar-refractivity contribution in [2.45, 2.75) is 45.9 Å². The standard InChI is InChI=1S/C15H25NOSi2/c1-18(2,3)16-11-13(12-17-19(4,5)6)14-9-7-8-10-15(14)16/h7-11H,12H2,1-6H3. The minimum atomic E-state index is -1.46. The quantitative estimate of drug-likeness (QED) is 0.746. The fourth-order valence-corrected chi connectivity index (χ4v) is 4.26. The fourth-order valence-electron chi connectivity index (χ4n) is 2.21. The second kappa shape index (κ2) is 4.92. The van der Waals surface area contributed by atoms with Gasteiger partial charge in [-0.2, -0.15) is 0 Å². The first-order valence-electron chi connectivity index (χ1n) is 6.92. The van der Waals surface area contributed by atoms with Gasteiger partial charge in [-0.05, 0) is 25.7 Å². The molecule has 0 atom stereocenters. The summed E-state index contributed by atoms with van der Waals surface area (Å²) in [5.74, 6) is 0. The van der Waals surface area contributed by atoms with Gasteiger partial charge in [0.1, 0.15) is 0 Å². The first-order chi connectivity index (χ1) is 8.68. The van der Waals surface area contributed by atoms with E-state index in [1.54, 1.807) is 0 Å². The molecule has 0 aliphatic heterocycles. The number of benzene rings is 1. The highest BCUT2D eigenvalue weighted by Gasteiger charge is 2.21. The van der Waals surface area contributed by atoms with Gasteiger partial charge in [0.15, 0.2) is 16.6 Å². The molecule has 0 aliphatic rings. The van der Waals surface area contributed by atoms with Crippen LogP contribution in [0.5, 0.6) is 0 Å². The molecule has 2 aromatic rings. The van der Waals surface area contributed by atoms with Crippen LogP contribution >= 0.6 is 0 Å². The lowest BCUT2D eigenvalue weighted by Crippen LogP contribution is -2.31. The summed E-state index contributed by atoms with van der Waals surface area (Å²) in [5, 5.41) is 1.35. The molecule has 4 heteroatoms. The first-order valence-corrected chi connectivity index (χ1v) is 13.8. The number of para-hydroxylation sites is 1. The van der Waals surface area contributed by atoms with Crippen molar-refractivity contribution in [3.05, 3.63) is 36.0 Å². The summed E-state index contributed by atoms with van der Waals surface area (Å²) < 4.78 is 8.58. The van der Waals surface area contributed by atoms with E-state index in [9.17, 15) is 0 Å². The van der Waals surface area contributed by atoms with Crippen LogP contribution < -0.4 is 0 Å². The molecule has 0 N–H and O–H groups in total. The number of fused-ring (bicyclic) bond motifs is 1. The van der Waals surface area contributed by atoms with Gasteiger partial charge >= 0.3 is 0 Å². The minimum Gasteiger partial charge on any atom is -0.413 e. The summed E-state index contributed by atoms with van der Waals surface area (Å²) in [6.45, 7) is 14.6. The van der Waals surface area contributed by atoms with Crippen LogP contribution in [0.3, 0.4) is 0 Å². The topological polar surface area (TPSA) is 14.2 Å². The third-order valence-electron chi connectivity index (χ3n) is 3.18. The molecule has 2 nitrogen and oxygen atoms in total. The molecule has 0 saturated heterocycles. The van der Waals surface area contributed by atoms with E-state index in [0.29, 0.717) is 0 Å². The van der Waals surface area contributed by atoms with Crippen LogP contribution in [0, 0.1) is 0 Å². The van der Waals surface area contributed by atoms with E-state index in [0.717, 1.165) is 6.61 Å². The molecule has 0 fully saturated rings. The predicted molar refractivity (Wildman–Crippen MR) is 88.8 cm³/mol. The van der Waals surface area contributed by atoms with Crippen LogP contribution in [0.1, 0.15) is 5.56 Å². The number of aromatic nitrogens is 1. The number of hydrogen-bond acceptors (Lipinski definition) is 1. The minimum absolute atomic E-state index is 0.744. The van der Waals surface area contributed by atoms with E-state index in [-0.39, 0.29) is 0 Å². The number of nitrogens with zero attached hydrogens (tertiary/aromatic N) is 1. The molecule has 0 unspecified atom stereocenters. The largest absolute Gasteiger partial charge is 0.413 e. The fraction of sp³-hybridized carbons (Fsp3) is 0.467. The zero-order valence-electron chi connectivity index (χ0n) is 12.9. The zero-order chi connectivity index (χ0) is 14.3. The van der Waals surface area contributed by atoms with Crippen molar-refractivity contribution in [2.75, 3.05) is 0 Å². The van der Waals surface area contributed by atoms with Crippen molar-refractivity contribution in [3.63, 3.8) is 0 Å². The Morgan fingerprint density at radius 3 is 2.21 bits per heavy atom. The molecule has 1 aromatic carbocycles. The maximum absolute atomic E-state index is 6.09. The van der Waals surface area contributed by atoms with E-state index in [1.807, 2.05) is 0 Å². The van der Waals surface area contributed by atoms with Crippen molar-refractivity contribution in [2.24, 2.45) is 0 Å². The second-order valence-electron chi connectivity index (χ2n) is 7.11. The highest BCUT2D eigenvalue weighted by molar-refractivity contribution is 6.75. The Labute approximate surface area is 118 Å². The Kier molecular flexibility index (Phi) is 3.77. The Hall–Kier alpha value is -0.846. The predicted octanol–water partition coefficient (Wildman–Crippen LogP) is 4.68. The van der Waals surface area contributed by atoms with Gasteiger partial charge in [0.05, 0.1) is 6.61 Å². The van der Waals surface area contributed by atoms with Crippen molar-refractivity contribution < 1.29 is 4.43 Å². The lowest BCUT2D eigenvalue weighted by atomic mass is 10.2. The molecule has 0 bridgehead atoms. The lowest BCUT2D eigenvalue weighted by molar-refractivity contribution is 0.301. The van der Waals surface area contributed by atoms with Gasteiger partial charge < -0.3 is 8.66 Å². The summed E-state index contributed by atoms with van der Waals surface area (Å²) in [7, 11) is -2.84. The molecular weight excluding hydrogens is 266 g/mol. The van der Waals surface area contributed by atoms with Crippen LogP contribution in [-0.2, 0) is 11.0 Å². The molecule has 104 valence electrons. The molecule has 0 aliphatic carbocycles. The van der Waals surface area contributed by atoms with Crippen LogP contribution in [0.25, 0.3) is 10.9 Å². The third-order valence-corrected chi connectivity index (χ3v) is 6.00. The van der Waals surface area contributed by atoms with Gasteiger partial charge in [0.25, 0.3) is 0 Å². The Morgan fingerprint density at radius 1 is 1.00 bits per heavy atom. The van der Waals surface area contributed by atoms with Gasteiger partial charge in [-0.1, -0.05) is 37.8 Å². The van der Waals surface area contributed by atoms with Crippen molar-refractivity contribution >= 4 is 27.5 Å². The molecule has 0 radical (unpaired) electrons. The average molecular weight is 292 g/mol. The summed E-state index contributed by atoms with van der Waals surface area (Å²) in [6.07, 6.45) is 2.32. The highest BCUT2D eigenvalue weighted by Crippen LogP contribution is 2.26. The van der Waals surface area contributed by atoms with Crippen molar-refractivity contribution in [1.29, 1.82) is 0 Å². The molecule has 19 heavy (non-hydrogen) atoms. The van der Waals surface area contributed by atoms with Gasteiger partial charge in [0.2, 0.25) is 0 Å². The highest BCUT2D eigenvalue weighted by atomic mass is 28.4. The number of rotatable bonds is 4. The summed E-state index contributed by atoms with van der Waals surface area (Å²) >= 11 is 0. The van der Waals surface area contributed by atoms with Crippen LogP contribution in [-0.4, -0.2) is 20.8 Å². The van der Waals surface area contributed by atoms with E-state index < -0.39 is 16.6 Å². The molecule has 2 rings (SSSR count). The van der Waals surface area contributed by atoms with E-state index in [4.69, 9.17) is 4.43 Å². The van der Waals surface area contributed by atoms with E-state index >= 15 is 0 Å². The molecular formula is C15H25NOSi2. The van der Waals surface area contributed by atoms with E-state index in [1.165, 1.54) is 16.5 Å². The molecule has 1 aromatic heterocycles. The van der Waals surface area contributed by atoms with Crippen LogP contribution in [0.2, 0.25) is 39.3 Å². The SMILES string of the molecule is C[Si](C)(C)OCc1cn([Si](C)(C)C)c2ccccc12. The van der Waals surface area contributed by atoms with Gasteiger partial charge in [0, 0.05) is 22.7 Å². The second-order valence-corrected chi connectivity index (χ2v) is 16.5. The lowest BCUT2D eigenvalue weighted by Gasteiger charge is -2.20. The molecule has 0 spiro atoms. The Morgan fingerprint density at radius 2 is 1.63 bits per heavy atom. The Bertz CT molecular complexity index is 576. The van der Waals surface area contributed by atoms with Crippen molar-refractivity contribution in [3.8, 4) is 0 Å². The van der Waals surface area contributed by atoms with Crippen LogP contribution in [0.15, 0.2) is 30.5 Å². The maximum Gasteiger partial charge on any atom is 0.184 e. The maximum atomic E-state index is 6.09. The van der Waals surface area contributed by atoms with Gasteiger partial charge in [-0.15, -0.1) is 0 Å². The summed E-state index contributed by atoms with van der Waals surface area (Å²) in [6, 6.07) is 8.69. The monoisotopic (exact) mass is 291 g/mol. The zero-order valence-corrected chi connectivity index (χ0v) is 14.9. The van der Waals surface area contributed by atoms with Crippen LogP contribution in [0.4, 0.5) is 0 Å². The van der Waals surface area contributed by atoms with Crippen molar-refractivity contribution in [1.82, 2.24) is 4.23 Å². The number of hydrogen-bond donors (Lipinski definition) is 0. The van der Waals surface area contributed by atoms with Gasteiger partial charge in [-0.25, -0.2) is 0 Å². The molecule has 0 saturated carbocycles. The summed E-state index contributed by atoms with van der Waals surface area (Å²) in [4.78, 5) is 0. The molecule has 0 amide bonds. The molecule has 1 heterocycles. The van der Waals surface area contributed by atoms with E-state index in [2.05, 4.69) is 74.0 Å². The summed E-state index contributed by atoms with van der Waals surface area (Å²) in [5.41, 5.74) is 2.69. The van der Waals surface area contributed by atoms with Gasteiger partial charge in [-0.3, -0.25) is 0 Å². The Balaban J connectivity index is 2.45. The normalized spacial score (nSPS) is 13.2. The smallest absolute Gasteiger partial charge is 0.184 e. The first kappa shape index (κ1) is 14.6. The third kappa shape index (κ3) is 3.38.